The van der Waals surface area contributed by atoms with Gasteiger partial charge in [0.15, 0.2) is 0 Å². The van der Waals surface area contributed by atoms with Crippen LogP contribution < -0.4 is 10.0 Å². The second kappa shape index (κ2) is 18.7. The summed E-state index contributed by atoms with van der Waals surface area (Å²) in [5.41, 5.74) is 0.985. The first kappa shape index (κ1) is 43.6. The van der Waals surface area contributed by atoms with Crippen molar-refractivity contribution in [1.82, 2.24) is 24.7 Å². The smallest absolute Gasteiger partial charge is 0.380 e. The normalized spacial score (nSPS) is 19.7. The van der Waals surface area contributed by atoms with Crippen molar-refractivity contribution < 1.29 is 26.0 Å². The van der Waals surface area contributed by atoms with Crippen LogP contribution in [0, 0.1) is 0 Å². The topological polar surface area (TPSA) is 93.7 Å². The lowest BCUT2D eigenvalue weighted by molar-refractivity contribution is -0.0328. The molecule has 0 amide bonds. The van der Waals surface area contributed by atoms with Gasteiger partial charge >= 0.3 is 5.51 Å². The third kappa shape index (κ3) is 10.8. The number of alkyl halides is 3. The fourth-order valence-electron chi connectivity index (χ4n) is 8.34. The molecule has 1 saturated heterocycles. The lowest BCUT2D eigenvalue weighted by atomic mass is 9.96. The summed E-state index contributed by atoms with van der Waals surface area (Å²) in [6.45, 7) is 4.41. The molecule has 0 radical (unpaired) electrons. The van der Waals surface area contributed by atoms with Gasteiger partial charge in [-0.1, -0.05) is 54.1 Å². The van der Waals surface area contributed by atoms with Crippen LogP contribution in [0.3, 0.4) is 0 Å². The van der Waals surface area contributed by atoms with Crippen molar-refractivity contribution in [1.29, 1.82) is 0 Å². The van der Waals surface area contributed by atoms with Crippen LogP contribution in [0.5, 0.6) is 0 Å². The largest absolute Gasteiger partial charge is 0.446 e. The molecular weight excluding hydrogens is 866 g/mol. The van der Waals surface area contributed by atoms with Crippen molar-refractivity contribution in [2.45, 2.75) is 72.6 Å². The zero-order valence-corrected chi connectivity index (χ0v) is 36.7. The van der Waals surface area contributed by atoms with Gasteiger partial charge in [-0.05, 0) is 121 Å². The summed E-state index contributed by atoms with van der Waals surface area (Å²) in [5.74, 6) is 0.325. The van der Waals surface area contributed by atoms with E-state index in [0.717, 1.165) is 54.7 Å². The van der Waals surface area contributed by atoms with Crippen LogP contribution in [0.1, 0.15) is 42.5 Å². The lowest BCUT2D eigenvalue weighted by Crippen LogP contribution is -2.46. The van der Waals surface area contributed by atoms with Crippen LogP contribution in [0.4, 0.5) is 29.1 Å². The molecule has 4 aliphatic rings. The van der Waals surface area contributed by atoms with E-state index in [1.807, 2.05) is 18.2 Å². The molecule has 3 aliphatic heterocycles. The van der Waals surface area contributed by atoms with Crippen LogP contribution in [-0.2, 0) is 29.5 Å². The Morgan fingerprint density at radius 3 is 2.56 bits per heavy atom. The number of nitrogens with zero attached hydrogens (tertiary/aromatic N) is 5. The number of aromatic nitrogens is 2. The highest BCUT2D eigenvalue weighted by molar-refractivity contribution is 8.03. The Balaban J connectivity index is 0.918. The Hall–Kier alpha value is -4.06. The summed E-state index contributed by atoms with van der Waals surface area (Å²) in [6, 6.07) is 20.2. The van der Waals surface area contributed by atoms with Gasteiger partial charge in [-0.15, -0.1) is 11.8 Å². The molecule has 2 N–H and O–H groups in total. The number of thioether (sulfide) groups is 2. The molecule has 0 spiro atoms. The molecule has 1 fully saturated rings. The van der Waals surface area contributed by atoms with E-state index in [1.54, 1.807) is 18.0 Å². The maximum absolute atomic E-state index is 14.7. The summed E-state index contributed by atoms with van der Waals surface area (Å²) >= 11 is 7.30. The average molecular weight is 913 g/mol. The molecule has 2 bridgehead atoms. The number of likely N-dealkylation sites (tertiary alicyclic amines) is 1. The van der Waals surface area contributed by atoms with Gasteiger partial charge in [0.2, 0.25) is 0 Å². The second-order valence-corrected chi connectivity index (χ2v) is 20.0. The number of rotatable bonds is 10. The standard InChI is InChI=1S/C44H46ClF4N7O2S3/c1-54-19-15-32(27-59-34-6-4-8-38(46)41(54)23-34)52-39-14-13-35(24-42(39)60-44(47,48)49)61(57,58)53-43-37-18-22-56(26-40(37)50-28-51-43)33-16-20-55(21-17-33)25-30-5-2-3-7-36(30)29-9-11-31(45)12-10-29/h2-5,7-14,23-24,28,32-33,52H,6,15-22,25-27H2,1H3,(H,50,51,53)/t32-/m1/s1. The number of allylic oxidation sites excluding steroid dienone is 5. The lowest BCUT2D eigenvalue weighted by Gasteiger charge is -2.40. The number of benzene rings is 3. The first-order valence-corrected chi connectivity index (χ1v) is 23.9. The van der Waals surface area contributed by atoms with Gasteiger partial charge < -0.3 is 10.2 Å². The van der Waals surface area contributed by atoms with Crippen molar-refractivity contribution in [3.05, 3.63) is 130 Å². The van der Waals surface area contributed by atoms with Gasteiger partial charge in [0.1, 0.15) is 18.0 Å². The molecule has 61 heavy (non-hydrogen) atoms. The van der Waals surface area contributed by atoms with Crippen molar-refractivity contribution >= 4 is 56.7 Å². The first-order valence-electron chi connectivity index (χ1n) is 20.2. The van der Waals surface area contributed by atoms with Gasteiger partial charge in [-0.2, -0.15) is 13.2 Å². The van der Waals surface area contributed by atoms with Crippen LogP contribution in [0.2, 0.25) is 5.02 Å². The van der Waals surface area contributed by atoms with Gasteiger partial charge in [0, 0.05) is 72.2 Å². The minimum absolute atomic E-state index is 0.134. The molecule has 0 unspecified atom stereocenters. The van der Waals surface area contributed by atoms with Crippen LogP contribution in [-0.4, -0.2) is 89.7 Å². The number of fused-ring (bicyclic) bond motifs is 2. The van der Waals surface area contributed by atoms with Crippen molar-refractivity contribution in [3.63, 3.8) is 0 Å². The quantitative estimate of drug-likeness (QED) is 0.118. The van der Waals surface area contributed by atoms with E-state index < -0.39 is 15.5 Å². The molecule has 322 valence electrons. The number of anilines is 2. The monoisotopic (exact) mass is 911 g/mol. The highest BCUT2D eigenvalue weighted by Gasteiger charge is 2.34. The third-order valence-electron chi connectivity index (χ3n) is 11.6. The average Bonchev–Trinajstić information content (AvgIpc) is 3.38. The highest BCUT2D eigenvalue weighted by Crippen LogP contribution is 2.43. The summed E-state index contributed by atoms with van der Waals surface area (Å²) in [7, 11) is -2.56. The molecule has 4 aromatic rings. The number of sulfonamides is 1. The van der Waals surface area contributed by atoms with Crippen molar-refractivity contribution in [2.24, 2.45) is 0 Å². The molecule has 8 rings (SSSR count). The first-order chi connectivity index (χ1) is 29.3. The van der Waals surface area contributed by atoms with Crippen LogP contribution in [0.15, 0.2) is 118 Å². The maximum atomic E-state index is 14.7. The van der Waals surface area contributed by atoms with Gasteiger partial charge in [0.25, 0.3) is 10.0 Å². The summed E-state index contributed by atoms with van der Waals surface area (Å²) in [4.78, 5) is 15.9. The summed E-state index contributed by atoms with van der Waals surface area (Å²) in [6.07, 6.45) is 9.92. The fraction of sp³-hybridized carbons (Fsp3) is 0.364. The minimum atomic E-state index is -4.67. The van der Waals surface area contributed by atoms with E-state index >= 15 is 0 Å². The third-order valence-corrected chi connectivity index (χ3v) is 15.2. The molecule has 1 aromatic heterocycles. The Morgan fingerprint density at radius 2 is 1.77 bits per heavy atom. The number of likely N-dealkylation sites (N-methyl/N-ethyl adjacent to an activating group) is 1. The molecule has 3 aromatic carbocycles. The number of hydrogen-bond acceptors (Lipinski definition) is 10. The van der Waals surface area contributed by atoms with Gasteiger partial charge in [-0.3, -0.25) is 14.5 Å². The molecule has 0 saturated carbocycles. The van der Waals surface area contributed by atoms with E-state index in [2.05, 4.69) is 66.2 Å². The highest BCUT2D eigenvalue weighted by atomic mass is 35.5. The fourth-order valence-corrected chi connectivity index (χ4v) is 11.4. The van der Waals surface area contributed by atoms with Crippen molar-refractivity contribution in [2.75, 3.05) is 49.0 Å². The zero-order valence-electron chi connectivity index (χ0n) is 33.5. The SMILES string of the molecule is CN1CC[C@@H](Nc2ccc(S(=O)(=O)Nc3ncnc4c3CCN(C3CCN(Cc5ccccc5-c5ccc(Cl)cc5)CC3)C4)cc2SC(F)(F)F)CSC2=CC1=C(F)C=CC2. The Kier molecular flexibility index (Phi) is 13.4. The van der Waals surface area contributed by atoms with E-state index in [9.17, 15) is 26.0 Å². The summed E-state index contributed by atoms with van der Waals surface area (Å²) < 4.78 is 86.8. The predicted molar refractivity (Wildman–Crippen MR) is 238 cm³/mol. The molecule has 1 aliphatic carbocycles. The molecule has 17 heteroatoms. The second-order valence-electron chi connectivity index (χ2n) is 15.7. The van der Waals surface area contributed by atoms with E-state index in [-0.39, 0.29) is 44.9 Å². The number of halogens is 5. The van der Waals surface area contributed by atoms with Crippen molar-refractivity contribution in [3.8, 4) is 11.1 Å². The molecule has 9 nitrogen and oxygen atoms in total. The zero-order chi connectivity index (χ0) is 42.7. The molecule has 1 atom stereocenters. The number of hydrogen-bond donors (Lipinski definition) is 2. The Morgan fingerprint density at radius 1 is 0.984 bits per heavy atom. The summed E-state index contributed by atoms with van der Waals surface area (Å²) in [5, 5.41) is 3.96. The van der Waals surface area contributed by atoms with E-state index in [4.69, 9.17) is 11.6 Å². The van der Waals surface area contributed by atoms with E-state index in [1.165, 1.54) is 47.4 Å². The molecular formula is C44H46ClF4N7O2S3. The Bertz CT molecular complexity index is 2440. The number of nitrogens with one attached hydrogen (secondary N) is 2. The van der Waals surface area contributed by atoms with Crippen LogP contribution >= 0.6 is 35.1 Å². The number of piperidine rings is 1. The van der Waals surface area contributed by atoms with E-state index in [0.29, 0.717) is 67.0 Å². The Labute approximate surface area is 367 Å². The molecule has 4 heterocycles. The minimum Gasteiger partial charge on any atom is -0.380 e. The maximum Gasteiger partial charge on any atom is 0.446 e. The van der Waals surface area contributed by atoms with Gasteiger partial charge in [0.05, 0.1) is 16.3 Å². The van der Waals surface area contributed by atoms with Crippen LogP contribution in [0.25, 0.3) is 11.1 Å². The predicted octanol–water partition coefficient (Wildman–Crippen LogP) is 10.1. The van der Waals surface area contributed by atoms with Gasteiger partial charge in [-0.25, -0.2) is 22.8 Å².